The lowest BCUT2D eigenvalue weighted by Gasteiger charge is -2.16. The van der Waals surface area contributed by atoms with Crippen LogP contribution in [-0.2, 0) is 0 Å². The molecule has 0 aromatic heterocycles. The highest BCUT2D eigenvalue weighted by Crippen LogP contribution is 2.12. The fraction of sp³-hybridized carbons (Fsp3) is 0.300. The molecule has 1 atom stereocenters. The second kappa shape index (κ2) is 12.3. The van der Waals surface area contributed by atoms with Gasteiger partial charge in [-0.05, 0) is 23.6 Å². The number of carbonyl (C=O) groups is 1. The summed E-state index contributed by atoms with van der Waals surface area (Å²) in [5.74, 6) is 1.05. The summed E-state index contributed by atoms with van der Waals surface area (Å²) in [5.41, 5.74) is 1.96. The molecule has 0 fully saturated rings. The molecule has 0 saturated carbocycles. The predicted octanol–water partition coefficient (Wildman–Crippen LogP) is 3.00. The van der Waals surface area contributed by atoms with Gasteiger partial charge in [-0.3, -0.25) is 9.79 Å². The molecular weight excluding hydrogens is 439 g/mol. The van der Waals surface area contributed by atoms with Gasteiger partial charge in [0, 0.05) is 32.2 Å². The number of amides is 1. The van der Waals surface area contributed by atoms with Gasteiger partial charge >= 0.3 is 0 Å². The molecule has 5 nitrogen and oxygen atoms in total. The minimum absolute atomic E-state index is 0. The molecular formula is C20H27IN4O. The van der Waals surface area contributed by atoms with Crippen LogP contribution < -0.4 is 16.0 Å². The summed E-state index contributed by atoms with van der Waals surface area (Å²) in [6.07, 6.45) is 0. The van der Waals surface area contributed by atoms with E-state index in [-0.39, 0.29) is 29.9 Å². The minimum atomic E-state index is -0.0666. The quantitative estimate of drug-likeness (QED) is 0.255. The molecule has 3 N–H and O–H groups in total. The first-order valence-electron chi connectivity index (χ1n) is 8.53. The summed E-state index contributed by atoms with van der Waals surface area (Å²) < 4.78 is 0. The first-order chi connectivity index (χ1) is 12.2. The second-order valence-corrected chi connectivity index (χ2v) is 5.81. The van der Waals surface area contributed by atoms with Gasteiger partial charge in [0.1, 0.15) is 0 Å². The van der Waals surface area contributed by atoms with Crippen LogP contribution in [-0.4, -0.2) is 38.5 Å². The molecule has 140 valence electrons. The van der Waals surface area contributed by atoms with E-state index in [1.54, 1.807) is 19.2 Å². The van der Waals surface area contributed by atoms with Crippen LogP contribution in [0.3, 0.4) is 0 Å². The van der Waals surface area contributed by atoms with Gasteiger partial charge in [-0.2, -0.15) is 0 Å². The Hall–Kier alpha value is -2.09. The standard InChI is InChI=1S/C20H26N4O.HI/c1-16(17-9-5-3-6-10-17)15-24-20(21-2)23-14-13-22-19(25)18-11-7-4-8-12-18;/h3-12,16H,13-15H2,1-2H3,(H,22,25)(H2,21,23,24);1H. The van der Waals surface area contributed by atoms with Crippen molar-refractivity contribution in [2.75, 3.05) is 26.7 Å². The fourth-order valence-corrected chi connectivity index (χ4v) is 2.42. The molecule has 2 rings (SSSR count). The number of halogens is 1. The van der Waals surface area contributed by atoms with Gasteiger partial charge < -0.3 is 16.0 Å². The van der Waals surface area contributed by atoms with E-state index in [1.165, 1.54) is 5.56 Å². The van der Waals surface area contributed by atoms with Crippen molar-refractivity contribution in [1.29, 1.82) is 0 Å². The third-order valence-electron chi connectivity index (χ3n) is 3.91. The Morgan fingerprint density at radius 3 is 2.12 bits per heavy atom. The minimum Gasteiger partial charge on any atom is -0.356 e. The van der Waals surface area contributed by atoms with Crippen LogP contribution in [0.15, 0.2) is 65.7 Å². The number of hydrogen-bond acceptors (Lipinski definition) is 2. The Labute approximate surface area is 172 Å². The molecule has 0 aliphatic carbocycles. The first-order valence-corrected chi connectivity index (χ1v) is 8.53. The summed E-state index contributed by atoms with van der Waals surface area (Å²) in [6, 6.07) is 19.6. The Morgan fingerprint density at radius 1 is 0.923 bits per heavy atom. The Balaban J connectivity index is 0.00000338. The average Bonchev–Trinajstić information content (AvgIpc) is 2.68. The molecule has 0 bridgehead atoms. The number of guanidine groups is 1. The highest BCUT2D eigenvalue weighted by molar-refractivity contribution is 14.0. The van der Waals surface area contributed by atoms with Crippen molar-refractivity contribution in [1.82, 2.24) is 16.0 Å². The Bertz CT molecular complexity index is 677. The van der Waals surface area contributed by atoms with Crippen molar-refractivity contribution < 1.29 is 4.79 Å². The van der Waals surface area contributed by atoms with Crippen LogP contribution in [0.4, 0.5) is 0 Å². The normalized spacial score (nSPS) is 11.8. The molecule has 0 radical (unpaired) electrons. The van der Waals surface area contributed by atoms with Crippen LogP contribution in [0, 0.1) is 0 Å². The van der Waals surface area contributed by atoms with Crippen LogP contribution >= 0.6 is 24.0 Å². The summed E-state index contributed by atoms with van der Waals surface area (Å²) >= 11 is 0. The highest BCUT2D eigenvalue weighted by atomic mass is 127. The summed E-state index contributed by atoms with van der Waals surface area (Å²) in [6.45, 7) is 4.11. The largest absolute Gasteiger partial charge is 0.356 e. The van der Waals surface area contributed by atoms with Crippen LogP contribution in [0.1, 0.15) is 28.8 Å². The van der Waals surface area contributed by atoms with Gasteiger partial charge in [-0.1, -0.05) is 55.5 Å². The average molecular weight is 466 g/mol. The van der Waals surface area contributed by atoms with E-state index in [0.29, 0.717) is 24.6 Å². The van der Waals surface area contributed by atoms with Gasteiger partial charge in [0.15, 0.2) is 5.96 Å². The third kappa shape index (κ3) is 7.43. The number of aliphatic imine (C=N–C) groups is 1. The van der Waals surface area contributed by atoms with Crippen molar-refractivity contribution in [3.05, 3.63) is 71.8 Å². The van der Waals surface area contributed by atoms with E-state index < -0.39 is 0 Å². The van der Waals surface area contributed by atoms with Gasteiger partial charge in [-0.15, -0.1) is 24.0 Å². The maximum absolute atomic E-state index is 11.9. The molecule has 26 heavy (non-hydrogen) atoms. The maximum atomic E-state index is 11.9. The molecule has 0 spiro atoms. The van der Waals surface area contributed by atoms with Crippen molar-refractivity contribution >= 4 is 35.8 Å². The highest BCUT2D eigenvalue weighted by Gasteiger charge is 2.06. The van der Waals surface area contributed by atoms with E-state index in [4.69, 9.17) is 0 Å². The molecule has 1 amide bonds. The molecule has 2 aromatic rings. The van der Waals surface area contributed by atoms with Gasteiger partial charge in [0.2, 0.25) is 0 Å². The second-order valence-electron chi connectivity index (χ2n) is 5.81. The van der Waals surface area contributed by atoms with Crippen molar-refractivity contribution in [2.24, 2.45) is 4.99 Å². The van der Waals surface area contributed by atoms with Gasteiger partial charge in [-0.25, -0.2) is 0 Å². The molecule has 0 heterocycles. The van der Waals surface area contributed by atoms with E-state index in [2.05, 4.69) is 40.0 Å². The number of carbonyl (C=O) groups excluding carboxylic acids is 1. The molecule has 1 unspecified atom stereocenters. The lowest BCUT2D eigenvalue weighted by Crippen LogP contribution is -2.42. The van der Waals surface area contributed by atoms with Crippen molar-refractivity contribution in [2.45, 2.75) is 12.8 Å². The number of benzene rings is 2. The zero-order valence-corrected chi connectivity index (χ0v) is 17.6. The van der Waals surface area contributed by atoms with Crippen LogP contribution in [0.5, 0.6) is 0 Å². The van der Waals surface area contributed by atoms with Gasteiger partial charge in [0.25, 0.3) is 5.91 Å². The molecule has 0 aliphatic heterocycles. The van der Waals surface area contributed by atoms with E-state index in [0.717, 1.165) is 12.5 Å². The fourth-order valence-electron chi connectivity index (χ4n) is 2.42. The molecule has 0 saturated heterocycles. The number of nitrogens with one attached hydrogen (secondary N) is 3. The summed E-state index contributed by atoms with van der Waals surface area (Å²) in [7, 11) is 1.74. The molecule has 0 aliphatic rings. The number of rotatable bonds is 7. The summed E-state index contributed by atoms with van der Waals surface area (Å²) in [5, 5.41) is 9.41. The SMILES string of the molecule is CN=C(NCCNC(=O)c1ccccc1)NCC(C)c1ccccc1.I. The van der Waals surface area contributed by atoms with Crippen LogP contribution in [0.25, 0.3) is 0 Å². The van der Waals surface area contributed by atoms with E-state index in [1.807, 2.05) is 36.4 Å². The van der Waals surface area contributed by atoms with Crippen molar-refractivity contribution in [3.63, 3.8) is 0 Å². The smallest absolute Gasteiger partial charge is 0.251 e. The number of nitrogens with zero attached hydrogens (tertiary/aromatic N) is 1. The van der Waals surface area contributed by atoms with Gasteiger partial charge in [0.05, 0.1) is 0 Å². The number of hydrogen-bond donors (Lipinski definition) is 3. The zero-order chi connectivity index (χ0) is 17.9. The summed E-state index contributed by atoms with van der Waals surface area (Å²) in [4.78, 5) is 16.2. The third-order valence-corrected chi connectivity index (χ3v) is 3.91. The van der Waals surface area contributed by atoms with Crippen LogP contribution in [0.2, 0.25) is 0 Å². The first kappa shape index (κ1) is 22.0. The topological polar surface area (TPSA) is 65.5 Å². The van der Waals surface area contributed by atoms with E-state index >= 15 is 0 Å². The Kier molecular flexibility index (Phi) is 10.4. The maximum Gasteiger partial charge on any atom is 0.251 e. The van der Waals surface area contributed by atoms with E-state index in [9.17, 15) is 4.79 Å². The Morgan fingerprint density at radius 2 is 1.50 bits per heavy atom. The lowest BCUT2D eigenvalue weighted by molar-refractivity contribution is 0.0954. The van der Waals surface area contributed by atoms with Crippen molar-refractivity contribution in [3.8, 4) is 0 Å². The molecule has 2 aromatic carbocycles. The monoisotopic (exact) mass is 466 g/mol. The lowest BCUT2D eigenvalue weighted by atomic mass is 10.0. The zero-order valence-electron chi connectivity index (χ0n) is 15.2. The predicted molar refractivity (Wildman–Crippen MR) is 118 cm³/mol. The molecule has 6 heteroatoms.